The van der Waals surface area contributed by atoms with E-state index in [-0.39, 0.29) is 10.8 Å². The Morgan fingerprint density at radius 1 is 1.05 bits per heavy atom. The molecule has 19 heavy (non-hydrogen) atoms. The first-order valence-corrected chi connectivity index (χ1v) is 7.09. The molecule has 1 aliphatic heterocycles. The lowest BCUT2D eigenvalue weighted by Gasteiger charge is -2.34. The first-order chi connectivity index (χ1) is 9.13. The summed E-state index contributed by atoms with van der Waals surface area (Å²) in [5.74, 6) is 0.0730. The van der Waals surface area contributed by atoms with Gasteiger partial charge in [0.2, 0.25) is 5.91 Å². The summed E-state index contributed by atoms with van der Waals surface area (Å²) in [6, 6.07) is 18.3. The van der Waals surface area contributed by atoms with E-state index in [1.807, 2.05) is 41.3 Å². The van der Waals surface area contributed by atoms with Crippen molar-refractivity contribution in [3.8, 4) is 0 Å². The number of rotatable bonds is 1. The Balaban J connectivity index is 2.16. The average molecular weight is 269 g/mol. The number of hydrogen-bond acceptors (Lipinski definition) is 2. The lowest BCUT2D eigenvalue weighted by atomic mass is 10.1. The van der Waals surface area contributed by atoms with Crippen LogP contribution in [0.1, 0.15) is 19.4 Å². The highest BCUT2D eigenvalue weighted by atomic mass is 32.2. The van der Waals surface area contributed by atoms with Gasteiger partial charge in [0.15, 0.2) is 0 Å². The standard InChI is InChI=1S/C16H15NOS/c1-12(18)17-14-10-6-7-11-15(14)19-16(17,2)13-8-4-3-5-9-13/h3-11H,1-2H3. The van der Waals surface area contributed by atoms with Crippen LogP contribution < -0.4 is 4.90 Å². The number of fused-ring (bicyclic) bond motifs is 1. The molecule has 0 N–H and O–H groups in total. The number of nitrogens with zero attached hydrogens (tertiary/aromatic N) is 1. The van der Waals surface area contributed by atoms with Crippen LogP contribution in [-0.2, 0) is 9.67 Å². The molecule has 1 aliphatic rings. The van der Waals surface area contributed by atoms with Gasteiger partial charge >= 0.3 is 0 Å². The molecule has 1 heterocycles. The Bertz CT molecular complexity index is 626. The minimum Gasteiger partial charge on any atom is -0.292 e. The Morgan fingerprint density at radius 2 is 1.68 bits per heavy atom. The zero-order chi connectivity index (χ0) is 13.5. The molecule has 1 unspecified atom stereocenters. The molecule has 3 rings (SSSR count). The number of benzene rings is 2. The van der Waals surface area contributed by atoms with Crippen LogP contribution in [0.15, 0.2) is 59.5 Å². The number of anilines is 1. The fraction of sp³-hybridized carbons (Fsp3) is 0.188. The molecule has 0 saturated carbocycles. The molecule has 96 valence electrons. The van der Waals surface area contributed by atoms with Crippen LogP contribution in [0.25, 0.3) is 0 Å². The minimum atomic E-state index is -0.364. The summed E-state index contributed by atoms with van der Waals surface area (Å²) < 4.78 is 0. The van der Waals surface area contributed by atoms with E-state index in [4.69, 9.17) is 0 Å². The Morgan fingerprint density at radius 3 is 2.37 bits per heavy atom. The smallest absolute Gasteiger partial charge is 0.225 e. The zero-order valence-corrected chi connectivity index (χ0v) is 11.8. The summed E-state index contributed by atoms with van der Waals surface area (Å²) in [5.41, 5.74) is 2.15. The fourth-order valence-electron chi connectivity index (χ4n) is 2.62. The van der Waals surface area contributed by atoms with Crippen LogP contribution in [-0.4, -0.2) is 5.91 Å². The third kappa shape index (κ3) is 1.85. The SMILES string of the molecule is CC(=O)N1c2ccccc2SC1(C)c1ccccc1. The minimum absolute atomic E-state index is 0.0730. The summed E-state index contributed by atoms with van der Waals surface area (Å²) in [6.07, 6.45) is 0. The van der Waals surface area contributed by atoms with Crippen LogP contribution in [0.2, 0.25) is 0 Å². The summed E-state index contributed by atoms with van der Waals surface area (Å²) in [7, 11) is 0. The molecule has 2 nitrogen and oxygen atoms in total. The molecule has 1 atom stereocenters. The van der Waals surface area contributed by atoms with Gasteiger partial charge in [-0.25, -0.2) is 0 Å². The Hall–Kier alpha value is -1.74. The first-order valence-electron chi connectivity index (χ1n) is 6.27. The molecule has 0 bridgehead atoms. The van der Waals surface area contributed by atoms with Gasteiger partial charge in [-0.05, 0) is 24.6 Å². The second-order valence-electron chi connectivity index (χ2n) is 4.77. The van der Waals surface area contributed by atoms with Crippen molar-refractivity contribution in [3.05, 3.63) is 60.2 Å². The molecule has 1 amide bonds. The summed E-state index contributed by atoms with van der Waals surface area (Å²) in [4.78, 5) is 14.8. The third-order valence-electron chi connectivity index (χ3n) is 3.47. The molecule has 2 aromatic rings. The van der Waals surface area contributed by atoms with Crippen LogP contribution in [0.3, 0.4) is 0 Å². The molecule has 0 spiro atoms. The number of thioether (sulfide) groups is 1. The van der Waals surface area contributed by atoms with Crippen molar-refractivity contribution in [2.45, 2.75) is 23.6 Å². The van der Waals surface area contributed by atoms with Crippen molar-refractivity contribution in [2.24, 2.45) is 0 Å². The van der Waals surface area contributed by atoms with Crippen LogP contribution >= 0.6 is 11.8 Å². The summed E-state index contributed by atoms with van der Waals surface area (Å²) in [6.45, 7) is 3.73. The van der Waals surface area contributed by atoms with Gasteiger partial charge in [0.1, 0.15) is 4.87 Å². The van der Waals surface area contributed by atoms with Gasteiger partial charge in [0.05, 0.1) is 5.69 Å². The van der Waals surface area contributed by atoms with Crippen LogP contribution in [0.4, 0.5) is 5.69 Å². The number of para-hydroxylation sites is 1. The van der Waals surface area contributed by atoms with E-state index in [2.05, 4.69) is 25.1 Å². The van der Waals surface area contributed by atoms with E-state index in [9.17, 15) is 4.79 Å². The van der Waals surface area contributed by atoms with Gasteiger partial charge < -0.3 is 0 Å². The summed E-state index contributed by atoms with van der Waals surface area (Å²) >= 11 is 1.73. The third-order valence-corrected chi connectivity index (χ3v) is 4.85. The highest BCUT2D eigenvalue weighted by molar-refractivity contribution is 8.00. The molecule has 0 fully saturated rings. The summed E-state index contributed by atoms with van der Waals surface area (Å²) in [5, 5.41) is 0. The van der Waals surface area contributed by atoms with Crippen LogP contribution in [0.5, 0.6) is 0 Å². The molecule has 0 radical (unpaired) electrons. The van der Waals surface area contributed by atoms with Crippen molar-refractivity contribution in [1.82, 2.24) is 0 Å². The highest BCUT2D eigenvalue weighted by Crippen LogP contribution is 2.55. The van der Waals surface area contributed by atoms with Gasteiger partial charge in [0.25, 0.3) is 0 Å². The highest BCUT2D eigenvalue weighted by Gasteiger charge is 2.44. The van der Waals surface area contributed by atoms with Crippen LogP contribution in [0, 0.1) is 0 Å². The second kappa shape index (κ2) is 4.42. The quantitative estimate of drug-likeness (QED) is 0.779. The van der Waals surface area contributed by atoms with Crippen molar-refractivity contribution >= 4 is 23.4 Å². The maximum absolute atomic E-state index is 12.1. The van der Waals surface area contributed by atoms with E-state index in [1.54, 1.807) is 18.7 Å². The maximum Gasteiger partial charge on any atom is 0.225 e. The topological polar surface area (TPSA) is 20.3 Å². The molecule has 2 aromatic carbocycles. The van der Waals surface area contributed by atoms with Gasteiger partial charge in [-0.1, -0.05) is 54.2 Å². The molecule has 0 aromatic heterocycles. The number of hydrogen-bond donors (Lipinski definition) is 0. The zero-order valence-electron chi connectivity index (χ0n) is 11.0. The normalized spacial score (nSPS) is 21.3. The average Bonchev–Trinajstić information content (AvgIpc) is 2.73. The maximum atomic E-state index is 12.1. The van der Waals surface area contributed by atoms with Crippen molar-refractivity contribution in [1.29, 1.82) is 0 Å². The number of carbonyl (C=O) groups is 1. The van der Waals surface area contributed by atoms with Crippen molar-refractivity contribution in [2.75, 3.05) is 4.90 Å². The predicted octanol–water partition coefficient (Wildman–Crippen LogP) is 4.02. The van der Waals surface area contributed by atoms with Gasteiger partial charge in [-0.2, -0.15) is 0 Å². The van der Waals surface area contributed by atoms with E-state index < -0.39 is 0 Å². The van der Waals surface area contributed by atoms with E-state index in [0.29, 0.717) is 0 Å². The molecule has 3 heteroatoms. The van der Waals surface area contributed by atoms with Gasteiger partial charge in [-0.3, -0.25) is 9.69 Å². The van der Waals surface area contributed by atoms with Gasteiger partial charge in [0, 0.05) is 11.8 Å². The molecular formula is C16H15NOS. The monoisotopic (exact) mass is 269 g/mol. The largest absolute Gasteiger partial charge is 0.292 e. The molecular weight excluding hydrogens is 254 g/mol. The van der Waals surface area contributed by atoms with Gasteiger partial charge in [-0.15, -0.1) is 0 Å². The Labute approximate surface area is 117 Å². The lowest BCUT2D eigenvalue weighted by molar-refractivity contribution is -0.117. The predicted molar refractivity (Wildman–Crippen MR) is 79.3 cm³/mol. The Kier molecular flexibility index (Phi) is 2.86. The van der Waals surface area contributed by atoms with Crippen molar-refractivity contribution in [3.63, 3.8) is 0 Å². The number of carbonyl (C=O) groups excluding carboxylic acids is 1. The molecule has 0 aliphatic carbocycles. The first kappa shape index (κ1) is 12.3. The lowest BCUT2D eigenvalue weighted by Crippen LogP contribution is -2.41. The van der Waals surface area contributed by atoms with E-state index in [0.717, 1.165) is 16.1 Å². The number of amides is 1. The second-order valence-corrected chi connectivity index (χ2v) is 6.21. The van der Waals surface area contributed by atoms with E-state index in [1.165, 1.54) is 0 Å². The van der Waals surface area contributed by atoms with Crippen molar-refractivity contribution < 1.29 is 4.79 Å². The molecule has 0 saturated heterocycles. The fourth-order valence-corrected chi connectivity index (χ4v) is 4.03. The van der Waals surface area contributed by atoms with E-state index >= 15 is 0 Å².